The first-order chi connectivity index (χ1) is 16.8. The lowest BCUT2D eigenvalue weighted by molar-refractivity contribution is -0.147. The van der Waals surface area contributed by atoms with E-state index in [1.165, 1.54) is 16.3 Å². The Kier molecular flexibility index (Phi) is 8.91. The Balaban J connectivity index is 1.78. The Morgan fingerprint density at radius 3 is 2.34 bits per heavy atom. The molecule has 1 heterocycles. The quantitative estimate of drug-likeness (QED) is 0.326. The van der Waals surface area contributed by atoms with Crippen LogP contribution in [-0.2, 0) is 20.9 Å². The number of nitrogens with zero attached hydrogens (tertiary/aromatic N) is 2. The maximum absolute atomic E-state index is 13.0. The first-order valence-corrected chi connectivity index (χ1v) is 12.0. The van der Waals surface area contributed by atoms with Crippen molar-refractivity contribution in [1.29, 1.82) is 0 Å². The summed E-state index contributed by atoms with van der Waals surface area (Å²) < 4.78 is 6.44. The molecule has 3 rings (SSSR count). The number of thioether (sulfide) groups is 1. The smallest absolute Gasteiger partial charge is 0.330 e. The molecule has 1 aromatic heterocycles. The minimum absolute atomic E-state index is 0.118. The van der Waals surface area contributed by atoms with Gasteiger partial charge in [0.15, 0.2) is 12.3 Å². The molecular formula is C25H28N4O5S. The van der Waals surface area contributed by atoms with E-state index in [-0.39, 0.29) is 24.6 Å². The van der Waals surface area contributed by atoms with Gasteiger partial charge in [0.1, 0.15) is 11.1 Å². The van der Waals surface area contributed by atoms with Gasteiger partial charge in [-0.1, -0.05) is 55.5 Å². The molecule has 0 bridgehead atoms. The highest BCUT2D eigenvalue weighted by Gasteiger charge is 2.25. The maximum Gasteiger partial charge on any atom is 0.330 e. The lowest BCUT2D eigenvalue weighted by atomic mass is 10.2. The summed E-state index contributed by atoms with van der Waals surface area (Å²) in [6, 6.07) is 18.5. The minimum Gasteiger partial charge on any atom is -0.455 e. The molecule has 1 amide bonds. The molecule has 2 aromatic carbocycles. The molecule has 0 saturated carbocycles. The molecule has 1 atom stereocenters. The number of nitrogens with one attached hydrogen (secondary N) is 1. The first-order valence-electron chi connectivity index (χ1n) is 11.2. The molecule has 3 aromatic rings. The Morgan fingerprint density at radius 1 is 1.09 bits per heavy atom. The molecule has 0 spiro atoms. The third kappa shape index (κ3) is 6.63. The SMILES string of the molecule is CCCN(C(=O)COC(=O)C(C)Sc1ccccc1)c1c(N)n(Cc2ccccc2)c(=O)[nH]c1=O. The summed E-state index contributed by atoms with van der Waals surface area (Å²) in [5, 5.41) is -0.536. The molecule has 10 heteroatoms. The van der Waals surface area contributed by atoms with Crippen molar-refractivity contribution in [2.24, 2.45) is 0 Å². The fraction of sp³-hybridized carbons (Fsp3) is 0.280. The summed E-state index contributed by atoms with van der Waals surface area (Å²) >= 11 is 1.32. The molecule has 184 valence electrons. The van der Waals surface area contributed by atoms with Crippen LogP contribution < -0.4 is 21.9 Å². The van der Waals surface area contributed by atoms with Crippen molar-refractivity contribution in [3.05, 3.63) is 87.1 Å². The van der Waals surface area contributed by atoms with Crippen LogP contribution in [0.4, 0.5) is 11.5 Å². The minimum atomic E-state index is -0.780. The second-order valence-electron chi connectivity index (χ2n) is 7.79. The molecule has 1 unspecified atom stereocenters. The van der Waals surface area contributed by atoms with Gasteiger partial charge in [-0.3, -0.25) is 23.9 Å². The van der Waals surface area contributed by atoms with Crippen molar-refractivity contribution in [1.82, 2.24) is 9.55 Å². The summed E-state index contributed by atoms with van der Waals surface area (Å²) in [4.78, 5) is 54.9. The summed E-state index contributed by atoms with van der Waals surface area (Å²) in [7, 11) is 0. The van der Waals surface area contributed by atoms with E-state index in [9.17, 15) is 19.2 Å². The zero-order chi connectivity index (χ0) is 25.4. The van der Waals surface area contributed by atoms with Crippen LogP contribution >= 0.6 is 11.8 Å². The number of rotatable bonds is 10. The Labute approximate surface area is 206 Å². The predicted molar refractivity (Wildman–Crippen MR) is 137 cm³/mol. The number of hydrogen-bond acceptors (Lipinski definition) is 7. The van der Waals surface area contributed by atoms with Crippen molar-refractivity contribution >= 4 is 35.1 Å². The molecule has 0 aliphatic carbocycles. The molecule has 0 radical (unpaired) electrons. The van der Waals surface area contributed by atoms with E-state index in [0.29, 0.717) is 6.42 Å². The van der Waals surface area contributed by atoms with Crippen LogP contribution in [0.15, 0.2) is 75.1 Å². The summed E-state index contributed by atoms with van der Waals surface area (Å²) in [6.45, 7) is 3.23. The highest BCUT2D eigenvalue weighted by molar-refractivity contribution is 8.00. The molecule has 0 aliphatic rings. The third-order valence-corrected chi connectivity index (χ3v) is 6.23. The topological polar surface area (TPSA) is 127 Å². The molecule has 0 aliphatic heterocycles. The number of nitrogens with two attached hydrogens (primary N) is 1. The van der Waals surface area contributed by atoms with Gasteiger partial charge in [-0.15, -0.1) is 11.8 Å². The highest BCUT2D eigenvalue weighted by atomic mass is 32.2. The van der Waals surface area contributed by atoms with Gasteiger partial charge in [0.2, 0.25) is 0 Å². The van der Waals surface area contributed by atoms with Gasteiger partial charge in [-0.25, -0.2) is 4.79 Å². The number of nitrogen functional groups attached to an aromatic ring is 1. The standard InChI is InChI=1S/C25H28N4O5S/c1-3-14-28(20(30)16-34-24(32)17(2)35-19-12-8-5-9-13-19)21-22(26)29(25(33)27-23(21)31)15-18-10-6-4-7-11-18/h4-13,17H,3,14-16,26H2,1-2H3,(H,27,31,33). The Morgan fingerprint density at radius 2 is 1.71 bits per heavy atom. The first kappa shape index (κ1) is 25.8. The van der Waals surface area contributed by atoms with Gasteiger partial charge in [0.25, 0.3) is 11.5 Å². The second-order valence-corrected chi connectivity index (χ2v) is 9.21. The van der Waals surface area contributed by atoms with Gasteiger partial charge in [0.05, 0.1) is 6.54 Å². The van der Waals surface area contributed by atoms with Crippen LogP contribution in [0.25, 0.3) is 0 Å². The van der Waals surface area contributed by atoms with Crippen molar-refractivity contribution < 1.29 is 14.3 Å². The van der Waals surface area contributed by atoms with E-state index in [0.717, 1.165) is 15.4 Å². The molecular weight excluding hydrogens is 468 g/mol. The molecule has 35 heavy (non-hydrogen) atoms. The number of carbonyl (C=O) groups excluding carboxylic acids is 2. The van der Waals surface area contributed by atoms with Crippen molar-refractivity contribution in [3.8, 4) is 0 Å². The number of hydrogen-bond donors (Lipinski definition) is 2. The largest absolute Gasteiger partial charge is 0.455 e. The van der Waals surface area contributed by atoms with E-state index < -0.39 is 35.0 Å². The van der Waals surface area contributed by atoms with E-state index in [4.69, 9.17) is 10.5 Å². The van der Waals surface area contributed by atoms with Crippen molar-refractivity contribution in [2.45, 2.75) is 37.0 Å². The van der Waals surface area contributed by atoms with Crippen LogP contribution in [0.5, 0.6) is 0 Å². The number of aromatic amines is 1. The summed E-state index contributed by atoms with van der Waals surface area (Å²) in [6.07, 6.45) is 0.511. The fourth-order valence-corrected chi connectivity index (χ4v) is 4.31. The van der Waals surface area contributed by atoms with E-state index in [1.807, 2.05) is 67.6 Å². The van der Waals surface area contributed by atoms with Crippen molar-refractivity contribution in [3.63, 3.8) is 0 Å². The van der Waals surface area contributed by atoms with E-state index in [2.05, 4.69) is 4.98 Å². The lowest BCUT2D eigenvalue weighted by Crippen LogP contribution is -2.43. The van der Waals surface area contributed by atoms with Crippen LogP contribution in [-0.4, -0.2) is 39.8 Å². The third-order valence-electron chi connectivity index (χ3n) is 5.14. The maximum atomic E-state index is 13.0. The van der Waals surface area contributed by atoms with Gasteiger partial charge in [-0.2, -0.15) is 0 Å². The van der Waals surface area contributed by atoms with Gasteiger partial charge in [-0.05, 0) is 31.0 Å². The normalized spacial score (nSPS) is 11.6. The number of H-pyrrole nitrogens is 1. The van der Waals surface area contributed by atoms with E-state index in [1.54, 1.807) is 6.92 Å². The molecule has 9 nitrogen and oxygen atoms in total. The predicted octanol–water partition coefficient (Wildman–Crippen LogP) is 2.63. The number of benzene rings is 2. The monoisotopic (exact) mass is 496 g/mol. The fourth-order valence-electron chi connectivity index (χ4n) is 3.43. The van der Waals surface area contributed by atoms with Crippen LogP contribution in [0, 0.1) is 0 Å². The van der Waals surface area contributed by atoms with Crippen LogP contribution in [0.2, 0.25) is 0 Å². The summed E-state index contributed by atoms with van der Waals surface area (Å²) in [5.41, 5.74) is 5.43. The average Bonchev–Trinajstić information content (AvgIpc) is 2.85. The average molecular weight is 497 g/mol. The Bertz CT molecular complexity index is 1270. The van der Waals surface area contributed by atoms with Crippen molar-refractivity contribution in [2.75, 3.05) is 23.8 Å². The summed E-state index contributed by atoms with van der Waals surface area (Å²) in [5.74, 6) is -1.30. The Hall–Kier alpha value is -3.79. The number of aromatic nitrogens is 2. The molecule has 0 saturated heterocycles. The number of ether oxygens (including phenoxy) is 1. The number of carbonyl (C=O) groups is 2. The second kappa shape index (κ2) is 12.1. The number of anilines is 2. The van der Waals surface area contributed by atoms with E-state index >= 15 is 0 Å². The van der Waals surface area contributed by atoms with Gasteiger partial charge in [0, 0.05) is 11.4 Å². The van der Waals surface area contributed by atoms with Gasteiger partial charge < -0.3 is 15.4 Å². The van der Waals surface area contributed by atoms with Crippen LogP contribution in [0.3, 0.4) is 0 Å². The zero-order valence-corrected chi connectivity index (χ0v) is 20.4. The zero-order valence-electron chi connectivity index (χ0n) is 19.6. The number of esters is 1. The van der Waals surface area contributed by atoms with Gasteiger partial charge >= 0.3 is 11.7 Å². The number of amides is 1. The lowest BCUT2D eigenvalue weighted by Gasteiger charge is -2.24. The highest BCUT2D eigenvalue weighted by Crippen LogP contribution is 2.24. The molecule has 0 fully saturated rings. The molecule has 3 N–H and O–H groups in total. The van der Waals surface area contributed by atoms with Crippen LogP contribution in [0.1, 0.15) is 25.8 Å².